The number of aromatic nitrogens is 1. The number of Topliss-reactive ketones (excluding diaryl/α,β-unsaturated/α-hetero) is 1. The minimum Gasteiger partial charge on any atom is -0.465 e. The summed E-state index contributed by atoms with van der Waals surface area (Å²) in [6, 6.07) is 9.30. The second-order valence-electron chi connectivity index (χ2n) is 4.22. The number of nitrogens with zero attached hydrogens (tertiary/aromatic N) is 1. The fourth-order valence-corrected chi connectivity index (χ4v) is 1.90. The van der Waals surface area contributed by atoms with Crippen LogP contribution in [0.25, 0.3) is 10.8 Å². The van der Waals surface area contributed by atoms with Gasteiger partial charge in [-0.2, -0.15) is 0 Å². The lowest BCUT2D eigenvalue weighted by molar-refractivity contribution is -0.145. The molecule has 4 nitrogen and oxygen atoms in total. The Hall–Kier alpha value is -2.23. The van der Waals surface area contributed by atoms with Crippen molar-refractivity contribution in [1.82, 2.24) is 4.98 Å². The molecule has 4 heteroatoms. The molecule has 0 fully saturated rings. The van der Waals surface area contributed by atoms with Crippen LogP contribution in [0.4, 0.5) is 0 Å². The Morgan fingerprint density at radius 3 is 2.74 bits per heavy atom. The number of carbonyl (C=O) groups is 2. The molecule has 0 aliphatic rings. The van der Waals surface area contributed by atoms with Gasteiger partial charge in [0.2, 0.25) is 0 Å². The van der Waals surface area contributed by atoms with Gasteiger partial charge in [0.1, 0.15) is 11.6 Å². The second-order valence-corrected chi connectivity index (χ2v) is 4.22. The van der Waals surface area contributed by atoms with E-state index in [2.05, 4.69) is 4.98 Å². The van der Waals surface area contributed by atoms with E-state index in [1.165, 1.54) is 0 Å². The van der Waals surface area contributed by atoms with Gasteiger partial charge in [0.15, 0.2) is 5.78 Å². The topological polar surface area (TPSA) is 56.3 Å². The molecule has 0 bridgehead atoms. The summed E-state index contributed by atoms with van der Waals surface area (Å²) in [5.41, 5.74) is 0.318. The van der Waals surface area contributed by atoms with Crippen molar-refractivity contribution in [3.05, 3.63) is 42.2 Å². The third kappa shape index (κ3) is 2.62. The van der Waals surface area contributed by atoms with E-state index in [0.717, 1.165) is 10.8 Å². The molecule has 19 heavy (non-hydrogen) atoms. The van der Waals surface area contributed by atoms with Crippen LogP contribution in [0, 0.1) is 5.92 Å². The van der Waals surface area contributed by atoms with Gasteiger partial charge in [0.05, 0.1) is 6.61 Å². The summed E-state index contributed by atoms with van der Waals surface area (Å²) < 4.78 is 4.87. The molecular weight excluding hydrogens is 242 g/mol. The fraction of sp³-hybridized carbons (Fsp3) is 0.267. The summed E-state index contributed by atoms with van der Waals surface area (Å²) >= 11 is 0. The van der Waals surface area contributed by atoms with Crippen LogP contribution in [0.2, 0.25) is 0 Å². The minimum absolute atomic E-state index is 0.263. The Morgan fingerprint density at radius 1 is 1.26 bits per heavy atom. The van der Waals surface area contributed by atoms with Crippen molar-refractivity contribution in [2.45, 2.75) is 13.8 Å². The molecule has 0 amide bonds. The van der Waals surface area contributed by atoms with E-state index in [0.29, 0.717) is 5.69 Å². The van der Waals surface area contributed by atoms with Crippen LogP contribution in [0.15, 0.2) is 36.5 Å². The third-order valence-corrected chi connectivity index (χ3v) is 2.94. The van der Waals surface area contributed by atoms with Crippen molar-refractivity contribution in [3.63, 3.8) is 0 Å². The average Bonchev–Trinajstić information content (AvgIpc) is 2.45. The largest absolute Gasteiger partial charge is 0.465 e. The Bertz CT molecular complexity index is 616. The van der Waals surface area contributed by atoms with E-state index in [4.69, 9.17) is 4.74 Å². The third-order valence-electron chi connectivity index (χ3n) is 2.94. The van der Waals surface area contributed by atoms with Gasteiger partial charge in [0.25, 0.3) is 0 Å². The van der Waals surface area contributed by atoms with E-state index in [9.17, 15) is 9.59 Å². The zero-order chi connectivity index (χ0) is 13.8. The molecule has 0 spiro atoms. The standard InChI is InChI=1S/C15H15NO3/c1-3-19-15(18)10(2)14(17)13-12-7-5-4-6-11(12)8-9-16-13/h4-10H,3H2,1-2H3. The molecule has 2 aromatic rings. The van der Waals surface area contributed by atoms with Crippen LogP contribution in [0.1, 0.15) is 24.3 Å². The number of hydrogen-bond acceptors (Lipinski definition) is 4. The molecule has 98 valence electrons. The van der Waals surface area contributed by atoms with Gasteiger partial charge in [-0.1, -0.05) is 24.3 Å². The molecular formula is C15H15NO3. The van der Waals surface area contributed by atoms with Crippen LogP contribution < -0.4 is 0 Å². The van der Waals surface area contributed by atoms with Crippen molar-refractivity contribution >= 4 is 22.5 Å². The number of pyridine rings is 1. The first kappa shape index (κ1) is 13.2. The molecule has 0 saturated heterocycles. The maximum absolute atomic E-state index is 12.3. The highest BCUT2D eigenvalue weighted by Gasteiger charge is 2.26. The maximum Gasteiger partial charge on any atom is 0.316 e. The number of carbonyl (C=O) groups excluding carboxylic acids is 2. The zero-order valence-corrected chi connectivity index (χ0v) is 10.9. The zero-order valence-electron chi connectivity index (χ0n) is 10.9. The summed E-state index contributed by atoms with van der Waals surface area (Å²) in [7, 11) is 0. The van der Waals surface area contributed by atoms with Gasteiger partial charge in [-0.05, 0) is 25.3 Å². The highest BCUT2D eigenvalue weighted by molar-refractivity contribution is 6.13. The summed E-state index contributed by atoms with van der Waals surface area (Å²) in [4.78, 5) is 28.0. The van der Waals surface area contributed by atoms with Crippen LogP contribution >= 0.6 is 0 Å². The average molecular weight is 257 g/mol. The van der Waals surface area contributed by atoms with Crippen molar-refractivity contribution < 1.29 is 14.3 Å². The van der Waals surface area contributed by atoms with Crippen LogP contribution in [0.3, 0.4) is 0 Å². The predicted octanol–water partition coefficient (Wildman–Crippen LogP) is 2.62. The number of fused-ring (bicyclic) bond motifs is 1. The predicted molar refractivity (Wildman–Crippen MR) is 71.9 cm³/mol. The summed E-state index contributed by atoms with van der Waals surface area (Å²) in [5, 5.41) is 1.68. The highest BCUT2D eigenvalue weighted by Crippen LogP contribution is 2.19. The molecule has 1 aromatic carbocycles. The van der Waals surface area contributed by atoms with Gasteiger partial charge in [-0.15, -0.1) is 0 Å². The fourth-order valence-electron chi connectivity index (χ4n) is 1.90. The van der Waals surface area contributed by atoms with Gasteiger partial charge in [-0.3, -0.25) is 14.6 Å². The highest BCUT2D eigenvalue weighted by atomic mass is 16.5. The number of hydrogen-bond donors (Lipinski definition) is 0. The molecule has 1 unspecified atom stereocenters. The van der Waals surface area contributed by atoms with Crippen LogP contribution in [0.5, 0.6) is 0 Å². The second kappa shape index (κ2) is 5.61. The lowest BCUT2D eigenvalue weighted by Crippen LogP contribution is -2.24. The molecule has 0 radical (unpaired) electrons. The normalized spacial score (nSPS) is 12.1. The minimum atomic E-state index is -0.835. The Kier molecular flexibility index (Phi) is 3.90. The lowest BCUT2D eigenvalue weighted by Gasteiger charge is -2.10. The van der Waals surface area contributed by atoms with Crippen molar-refractivity contribution in [2.75, 3.05) is 6.61 Å². The van der Waals surface area contributed by atoms with Gasteiger partial charge in [0, 0.05) is 11.6 Å². The SMILES string of the molecule is CCOC(=O)C(C)C(=O)c1nccc2ccccc12. The molecule has 2 rings (SSSR count). The molecule has 0 aliphatic heterocycles. The van der Waals surface area contributed by atoms with E-state index < -0.39 is 11.9 Å². The van der Waals surface area contributed by atoms with E-state index in [1.54, 1.807) is 20.0 Å². The van der Waals surface area contributed by atoms with Crippen LogP contribution in [-0.2, 0) is 9.53 Å². The Balaban J connectivity index is 2.39. The van der Waals surface area contributed by atoms with Gasteiger partial charge in [-0.25, -0.2) is 0 Å². The molecule has 0 aliphatic carbocycles. The number of rotatable bonds is 4. The smallest absolute Gasteiger partial charge is 0.316 e. The van der Waals surface area contributed by atoms with E-state index in [-0.39, 0.29) is 12.4 Å². The van der Waals surface area contributed by atoms with Crippen molar-refractivity contribution in [2.24, 2.45) is 5.92 Å². The number of benzene rings is 1. The van der Waals surface area contributed by atoms with Crippen LogP contribution in [-0.4, -0.2) is 23.3 Å². The first-order chi connectivity index (χ1) is 9.15. The number of ketones is 1. The van der Waals surface area contributed by atoms with Gasteiger partial charge < -0.3 is 4.74 Å². The summed E-state index contributed by atoms with van der Waals surface area (Å²) in [6.07, 6.45) is 1.58. The van der Waals surface area contributed by atoms with E-state index in [1.807, 2.05) is 30.3 Å². The monoisotopic (exact) mass is 257 g/mol. The van der Waals surface area contributed by atoms with Gasteiger partial charge >= 0.3 is 5.97 Å². The summed E-state index contributed by atoms with van der Waals surface area (Å²) in [6.45, 7) is 3.52. The molecule has 1 aromatic heterocycles. The Morgan fingerprint density at radius 2 is 2.00 bits per heavy atom. The molecule has 0 N–H and O–H groups in total. The molecule has 0 saturated carbocycles. The first-order valence-corrected chi connectivity index (χ1v) is 6.19. The molecule has 1 heterocycles. The van der Waals surface area contributed by atoms with E-state index >= 15 is 0 Å². The Labute approximate surface area is 111 Å². The molecule has 1 atom stereocenters. The maximum atomic E-state index is 12.3. The lowest BCUT2D eigenvalue weighted by atomic mass is 9.99. The summed E-state index contributed by atoms with van der Waals surface area (Å²) in [5.74, 6) is -1.66. The first-order valence-electron chi connectivity index (χ1n) is 6.19. The number of esters is 1. The van der Waals surface area contributed by atoms with Crippen molar-refractivity contribution in [1.29, 1.82) is 0 Å². The quantitative estimate of drug-likeness (QED) is 0.480. The number of ether oxygens (including phenoxy) is 1. The van der Waals surface area contributed by atoms with Crippen molar-refractivity contribution in [3.8, 4) is 0 Å².